The maximum absolute atomic E-state index is 12.3. The van der Waals surface area contributed by atoms with E-state index >= 15 is 0 Å². The molecule has 0 bridgehead atoms. The van der Waals surface area contributed by atoms with Gasteiger partial charge < -0.3 is 5.11 Å². The quantitative estimate of drug-likeness (QED) is 0.846. The van der Waals surface area contributed by atoms with Crippen molar-refractivity contribution in [3.63, 3.8) is 0 Å². The lowest BCUT2D eigenvalue weighted by atomic mass is 10.1. The molecule has 0 aliphatic heterocycles. The molecule has 0 radical (unpaired) electrons. The van der Waals surface area contributed by atoms with Gasteiger partial charge in [0.05, 0.1) is 0 Å². The van der Waals surface area contributed by atoms with Gasteiger partial charge in [-0.2, -0.15) is 4.72 Å². The summed E-state index contributed by atoms with van der Waals surface area (Å²) < 4.78 is 27.1. The number of thiophene rings is 1. The average molecular weight is 339 g/mol. The van der Waals surface area contributed by atoms with Crippen LogP contribution in [-0.2, 0) is 21.2 Å². The second kappa shape index (κ2) is 6.60. The largest absolute Gasteiger partial charge is 0.480 e. The van der Waals surface area contributed by atoms with Crippen molar-refractivity contribution in [2.45, 2.75) is 30.5 Å². The molecule has 2 rings (SSSR count). The summed E-state index contributed by atoms with van der Waals surface area (Å²) in [5, 5.41) is 9.28. The molecular formula is C15H17NO4S2. The summed E-state index contributed by atoms with van der Waals surface area (Å²) in [6, 6.07) is 9.29. The van der Waals surface area contributed by atoms with Gasteiger partial charge in [0.25, 0.3) is 10.0 Å². The number of nitrogens with one attached hydrogen (secondary N) is 1. The van der Waals surface area contributed by atoms with Crippen molar-refractivity contribution in [2.24, 2.45) is 0 Å². The van der Waals surface area contributed by atoms with Crippen LogP contribution >= 0.6 is 11.3 Å². The molecule has 0 aliphatic carbocycles. The number of carbonyl (C=O) groups is 1. The monoisotopic (exact) mass is 339 g/mol. The van der Waals surface area contributed by atoms with Crippen LogP contribution in [0.25, 0.3) is 0 Å². The summed E-state index contributed by atoms with van der Waals surface area (Å²) in [6.07, 6.45) is 0.0960. The number of hydrogen-bond donors (Lipinski definition) is 2. The summed E-state index contributed by atoms with van der Waals surface area (Å²) in [4.78, 5) is 12.3. The summed E-state index contributed by atoms with van der Waals surface area (Å²) in [5.74, 6) is -1.20. The van der Waals surface area contributed by atoms with Gasteiger partial charge in [0.15, 0.2) is 0 Å². The highest BCUT2D eigenvalue weighted by molar-refractivity contribution is 7.91. The standard InChI is InChI=1S/C15H17NO4S2/c1-10-8-14(21-11(10)2)22(19,20)16-13(15(17)18)9-12-6-4-3-5-7-12/h3-8,13,16H,9H2,1-2H3,(H,17,18)/t13-/m1/s1. The highest BCUT2D eigenvalue weighted by atomic mass is 32.2. The van der Waals surface area contributed by atoms with E-state index in [9.17, 15) is 18.3 Å². The zero-order valence-electron chi connectivity index (χ0n) is 12.2. The van der Waals surface area contributed by atoms with Gasteiger partial charge in [-0.25, -0.2) is 8.42 Å². The Kier molecular flexibility index (Phi) is 5.00. The molecule has 0 spiro atoms. The Balaban J connectivity index is 2.22. The van der Waals surface area contributed by atoms with Crippen LogP contribution in [0.15, 0.2) is 40.6 Å². The number of hydrogen-bond acceptors (Lipinski definition) is 4. The predicted octanol–water partition coefficient (Wildman–Crippen LogP) is 2.34. The minimum absolute atomic E-state index is 0.0960. The van der Waals surface area contributed by atoms with Gasteiger partial charge in [0, 0.05) is 4.88 Å². The van der Waals surface area contributed by atoms with Crippen molar-refractivity contribution in [2.75, 3.05) is 0 Å². The maximum atomic E-state index is 12.3. The van der Waals surface area contributed by atoms with Crippen molar-refractivity contribution in [3.05, 3.63) is 52.4 Å². The van der Waals surface area contributed by atoms with Crippen LogP contribution in [0.4, 0.5) is 0 Å². The molecule has 0 aliphatic rings. The molecule has 2 N–H and O–H groups in total. The van der Waals surface area contributed by atoms with Crippen molar-refractivity contribution in [3.8, 4) is 0 Å². The Morgan fingerprint density at radius 3 is 2.41 bits per heavy atom. The zero-order valence-corrected chi connectivity index (χ0v) is 13.9. The first-order valence-electron chi connectivity index (χ1n) is 6.65. The first kappa shape index (κ1) is 16.7. The third-order valence-electron chi connectivity index (χ3n) is 3.29. The maximum Gasteiger partial charge on any atom is 0.322 e. The molecule has 1 atom stereocenters. The second-order valence-corrected chi connectivity index (χ2v) is 8.20. The highest BCUT2D eigenvalue weighted by Gasteiger charge is 2.27. The van der Waals surface area contributed by atoms with Gasteiger partial charge in [-0.1, -0.05) is 30.3 Å². The fraction of sp³-hybridized carbons (Fsp3) is 0.267. The van der Waals surface area contributed by atoms with Crippen molar-refractivity contribution in [1.82, 2.24) is 4.72 Å². The number of benzene rings is 1. The first-order valence-corrected chi connectivity index (χ1v) is 8.95. The normalized spacial score (nSPS) is 13.0. The summed E-state index contributed by atoms with van der Waals surface area (Å²) in [7, 11) is -3.84. The number of carboxylic acid groups (broad SMARTS) is 1. The molecule has 1 aromatic carbocycles. The molecule has 5 nitrogen and oxygen atoms in total. The summed E-state index contributed by atoms with van der Waals surface area (Å²) >= 11 is 1.14. The average Bonchev–Trinajstić information content (AvgIpc) is 2.80. The van der Waals surface area contributed by atoms with Crippen LogP contribution in [-0.4, -0.2) is 25.5 Å². The van der Waals surface area contributed by atoms with E-state index in [-0.39, 0.29) is 10.6 Å². The van der Waals surface area contributed by atoms with Gasteiger partial charge >= 0.3 is 5.97 Å². The van der Waals surface area contributed by atoms with Gasteiger partial charge in [0.1, 0.15) is 10.3 Å². The summed E-state index contributed by atoms with van der Waals surface area (Å²) in [5.41, 5.74) is 1.64. The Morgan fingerprint density at radius 1 is 1.27 bits per heavy atom. The van der Waals surface area contributed by atoms with E-state index in [4.69, 9.17) is 0 Å². The van der Waals surface area contributed by atoms with Gasteiger partial charge in [-0.05, 0) is 37.5 Å². The SMILES string of the molecule is Cc1cc(S(=O)(=O)N[C@H](Cc2ccccc2)C(=O)O)sc1C. The van der Waals surface area contributed by atoms with Gasteiger partial charge in [-0.3, -0.25) is 4.79 Å². The molecule has 2 aromatic rings. The molecular weight excluding hydrogens is 322 g/mol. The molecule has 0 amide bonds. The zero-order chi connectivity index (χ0) is 16.3. The van der Waals surface area contributed by atoms with Crippen molar-refractivity contribution >= 4 is 27.3 Å². The topological polar surface area (TPSA) is 83.5 Å². The highest BCUT2D eigenvalue weighted by Crippen LogP contribution is 2.25. The van der Waals surface area contributed by atoms with Crippen LogP contribution in [0.3, 0.4) is 0 Å². The lowest BCUT2D eigenvalue weighted by molar-refractivity contribution is -0.138. The third-order valence-corrected chi connectivity index (χ3v) is 6.38. The Bertz CT molecular complexity index is 747. The van der Waals surface area contributed by atoms with E-state index in [2.05, 4.69) is 4.72 Å². The van der Waals surface area contributed by atoms with Crippen molar-refractivity contribution in [1.29, 1.82) is 0 Å². The fourth-order valence-corrected chi connectivity index (χ4v) is 4.67. The molecule has 1 heterocycles. The van der Waals surface area contributed by atoms with Gasteiger partial charge in [0.2, 0.25) is 0 Å². The molecule has 0 saturated carbocycles. The number of rotatable bonds is 6. The van der Waals surface area contributed by atoms with Crippen molar-refractivity contribution < 1.29 is 18.3 Å². The third kappa shape index (κ3) is 3.94. The van der Waals surface area contributed by atoms with E-state index in [1.807, 2.05) is 19.9 Å². The predicted molar refractivity (Wildman–Crippen MR) is 85.7 cm³/mol. The number of sulfonamides is 1. The second-order valence-electron chi connectivity index (χ2n) is 5.01. The molecule has 0 unspecified atom stereocenters. The molecule has 0 fully saturated rings. The fourth-order valence-electron chi connectivity index (χ4n) is 1.95. The lowest BCUT2D eigenvalue weighted by Gasteiger charge is -2.14. The minimum Gasteiger partial charge on any atom is -0.480 e. The van der Waals surface area contributed by atoms with E-state index < -0.39 is 22.0 Å². The van der Waals surface area contributed by atoms with Crippen LogP contribution < -0.4 is 4.72 Å². The van der Waals surface area contributed by atoms with Gasteiger partial charge in [-0.15, -0.1) is 11.3 Å². The Morgan fingerprint density at radius 2 is 1.91 bits per heavy atom. The molecule has 118 valence electrons. The van der Waals surface area contributed by atoms with Crippen LogP contribution in [0.1, 0.15) is 16.0 Å². The van der Waals surface area contributed by atoms with E-state index in [0.29, 0.717) is 0 Å². The van der Waals surface area contributed by atoms with Crippen LogP contribution in [0, 0.1) is 13.8 Å². The van der Waals surface area contributed by atoms with Crippen LogP contribution in [0.2, 0.25) is 0 Å². The van der Waals surface area contributed by atoms with E-state index in [0.717, 1.165) is 27.3 Å². The molecule has 0 saturated heterocycles. The first-order chi connectivity index (χ1) is 10.3. The molecule has 7 heteroatoms. The van der Waals surface area contributed by atoms with Crippen LogP contribution in [0.5, 0.6) is 0 Å². The van der Waals surface area contributed by atoms with E-state index in [1.165, 1.54) is 0 Å². The number of aliphatic carboxylic acids is 1. The Labute approximate surface area is 133 Å². The Hall–Kier alpha value is -1.70. The number of aryl methyl sites for hydroxylation is 2. The molecule has 22 heavy (non-hydrogen) atoms. The van der Waals surface area contributed by atoms with E-state index in [1.54, 1.807) is 30.3 Å². The number of carboxylic acids is 1. The lowest BCUT2D eigenvalue weighted by Crippen LogP contribution is -2.42. The smallest absolute Gasteiger partial charge is 0.322 e. The minimum atomic E-state index is -3.84. The molecule has 1 aromatic heterocycles. The summed E-state index contributed by atoms with van der Waals surface area (Å²) in [6.45, 7) is 3.65.